The molecule has 1 aromatic carbocycles. The number of halogens is 1. The number of carbonyl (C=O) groups is 1. The first-order valence-corrected chi connectivity index (χ1v) is 15.4. The van der Waals surface area contributed by atoms with E-state index in [-0.39, 0.29) is 12.5 Å². The molecule has 5 aromatic heterocycles. The van der Waals surface area contributed by atoms with E-state index in [2.05, 4.69) is 35.2 Å². The van der Waals surface area contributed by atoms with Gasteiger partial charge in [0.2, 0.25) is 15.9 Å². The number of nitrogens with zero attached hydrogens (tertiary/aromatic N) is 5. The molecule has 0 unspecified atom stereocenters. The fourth-order valence-corrected chi connectivity index (χ4v) is 4.98. The molecule has 12 nitrogen and oxygen atoms in total. The Morgan fingerprint density at radius 3 is 2.52 bits per heavy atom. The Balaban J connectivity index is 1.37. The van der Waals surface area contributed by atoms with Gasteiger partial charge in [0.1, 0.15) is 16.9 Å². The van der Waals surface area contributed by atoms with Crippen LogP contribution in [0.2, 0.25) is 0 Å². The van der Waals surface area contributed by atoms with Gasteiger partial charge in [-0.15, -0.1) is 0 Å². The van der Waals surface area contributed by atoms with Crippen molar-refractivity contribution in [3.05, 3.63) is 72.4 Å². The lowest BCUT2D eigenvalue weighted by atomic mass is 9.95. The predicted molar refractivity (Wildman–Crippen MR) is 165 cm³/mol. The van der Waals surface area contributed by atoms with Crippen molar-refractivity contribution in [2.75, 3.05) is 11.6 Å². The molecule has 224 valence electrons. The average Bonchev–Trinajstić information content (AvgIpc) is 3.59. The molecule has 0 atom stereocenters. The van der Waals surface area contributed by atoms with Crippen molar-refractivity contribution in [3.63, 3.8) is 0 Å². The molecule has 4 N–H and O–H groups in total. The van der Waals surface area contributed by atoms with Gasteiger partial charge in [-0.25, -0.2) is 27.5 Å². The van der Waals surface area contributed by atoms with Crippen LogP contribution in [0.25, 0.3) is 56.1 Å². The van der Waals surface area contributed by atoms with Crippen molar-refractivity contribution >= 4 is 43.7 Å². The summed E-state index contributed by atoms with van der Waals surface area (Å²) >= 11 is 0. The second-order valence-electron chi connectivity index (χ2n) is 11.4. The van der Waals surface area contributed by atoms with Gasteiger partial charge in [0.15, 0.2) is 11.5 Å². The molecule has 0 aliphatic heterocycles. The fourth-order valence-electron chi connectivity index (χ4n) is 4.55. The number of pyridine rings is 3. The Morgan fingerprint density at radius 2 is 1.75 bits per heavy atom. The Bertz CT molecular complexity index is 2170. The Labute approximate surface area is 251 Å². The summed E-state index contributed by atoms with van der Waals surface area (Å²) in [6, 6.07) is 11.5. The third kappa shape index (κ3) is 6.02. The molecule has 0 aliphatic carbocycles. The van der Waals surface area contributed by atoms with Crippen LogP contribution in [0.4, 0.5) is 10.1 Å². The zero-order chi connectivity index (χ0) is 31.2. The van der Waals surface area contributed by atoms with Gasteiger partial charge in [0, 0.05) is 35.5 Å². The van der Waals surface area contributed by atoms with Crippen LogP contribution in [-0.4, -0.2) is 55.7 Å². The highest BCUT2D eigenvalue weighted by molar-refractivity contribution is 7.88. The van der Waals surface area contributed by atoms with Gasteiger partial charge in [-0.05, 0) is 48.0 Å². The molecule has 0 saturated heterocycles. The number of benzene rings is 1. The number of hydrogen-bond acceptors (Lipinski definition) is 8. The van der Waals surface area contributed by atoms with Crippen molar-refractivity contribution in [2.45, 2.75) is 27.3 Å². The topological polar surface area (TPSA) is 171 Å². The Morgan fingerprint density at radius 1 is 0.955 bits per heavy atom. The maximum Gasteiger partial charge on any atom is 0.229 e. The first-order valence-electron chi connectivity index (χ1n) is 13.6. The fraction of sp³-hybridized carbons (Fsp3) is 0.200. The van der Waals surface area contributed by atoms with Crippen LogP contribution >= 0.6 is 0 Å². The lowest BCUT2D eigenvalue weighted by Gasteiger charge is -2.17. The summed E-state index contributed by atoms with van der Waals surface area (Å²) in [5.74, 6) is -0.241. The molecule has 0 saturated carbocycles. The van der Waals surface area contributed by atoms with Crippen molar-refractivity contribution < 1.29 is 17.6 Å². The van der Waals surface area contributed by atoms with Gasteiger partial charge >= 0.3 is 0 Å². The van der Waals surface area contributed by atoms with E-state index < -0.39 is 21.3 Å². The molecule has 1 amide bonds. The van der Waals surface area contributed by atoms with E-state index in [9.17, 15) is 17.6 Å². The highest BCUT2D eigenvalue weighted by Gasteiger charge is 2.22. The summed E-state index contributed by atoms with van der Waals surface area (Å²) in [7, 11) is -3.46. The van der Waals surface area contributed by atoms with Crippen molar-refractivity contribution in [3.8, 4) is 34.0 Å². The summed E-state index contributed by atoms with van der Waals surface area (Å²) in [6.07, 6.45) is 5.87. The lowest BCUT2D eigenvalue weighted by Crippen LogP contribution is -2.27. The lowest BCUT2D eigenvalue weighted by molar-refractivity contribution is -0.123. The second-order valence-corrected chi connectivity index (χ2v) is 13.2. The number of nitrogens with one attached hydrogen (secondary N) is 4. The van der Waals surface area contributed by atoms with Crippen LogP contribution in [0.1, 0.15) is 26.3 Å². The van der Waals surface area contributed by atoms with Crippen molar-refractivity contribution in [2.24, 2.45) is 5.41 Å². The zero-order valence-corrected chi connectivity index (χ0v) is 25.0. The number of rotatable bonds is 7. The Kier molecular flexibility index (Phi) is 7.18. The standard InChI is InChI=1S/C30H28FN9O3S/c1-30(2,3)29(41)35-20-12-18(14-32-15-20)21-5-6-23-26(36-21)27(40-39-23)28-37-22-7-8-33-24(25(22)38-28)17-9-16(10-19(31)11-17)13-34-44(4,42)43/h5-12,14-15,34H,13H2,1-4H3,(H,35,41)(H,37,38)(H,39,40). The van der Waals surface area contributed by atoms with Gasteiger partial charge < -0.3 is 10.3 Å². The van der Waals surface area contributed by atoms with Crippen LogP contribution < -0.4 is 10.0 Å². The largest absolute Gasteiger partial charge is 0.336 e. The van der Waals surface area contributed by atoms with E-state index in [1.54, 1.807) is 30.7 Å². The molecule has 5 heterocycles. The molecule has 0 radical (unpaired) electrons. The highest BCUT2D eigenvalue weighted by Crippen LogP contribution is 2.32. The minimum absolute atomic E-state index is 0.0694. The monoisotopic (exact) mass is 613 g/mol. The maximum absolute atomic E-state index is 14.6. The maximum atomic E-state index is 14.6. The van der Waals surface area contributed by atoms with Crippen molar-refractivity contribution in [1.29, 1.82) is 0 Å². The number of H-pyrrole nitrogens is 2. The summed E-state index contributed by atoms with van der Waals surface area (Å²) < 4.78 is 40.1. The highest BCUT2D eigenvalue weighted by atomic mass is 32.2. The van der Waals surface area contributed by atoms with Crippen LogP contribution in [0.3, 0.4) is 0 Å². The summed E-state index contributed by atoms with van der Waals surface area (Å²) in [5, 5.41) is 10.3. The van der Waals surface area contributed by atoms with Crippen LogP contribution in [-0.2, 0) is 21.4 Å². The van der Waals surface area contributed by atoms with Crippen molar-refractivity contribution in [1.82, 2.24) is 39.8 Å². The number of anilines is 1. The summed E-state index contributed by atoms with van der Waals surface area (Å²) in [6.45, 7) is 5.44. The van der Waals surface area contributed by atoms with E-state index >= 15 is 0 Å². The number of amides is 1. The number of aromatic nitrogens is 7. The molecule has 14 heteroatoms. The van der Waals surface area contributed by atoms with Crippen LogP contribution in [0.5, 0.6) is 0 Å². The molecule has 0 bridgehead atoms. The first kappa shape index (κ1) is 29.0. The normalized spacial score (nSPS) is 12.2. The third-order valence-corrected chi connectivity index (χ3v) is 7.44. The van der Waals surface area contributed by atoms with Gasteiger partial charge in [-0.2, -0.15) is 5.10 Å². The smallest absolute Gasteiger partial charge is 0.229 e. The molecule has 44 heavy (non-hydrogen) atoms. The van der Waals surface area contributed by atoms with E-state index in [1.807, 2.05) is 39.0 Å². The number of aromatic amines is 2. The van der Waals surface area contributed by atoms with E-state index in [0.717, 1.165) is 6.26 Å². The quantitative estimate of drug-likeness (QED) is 0.199. The first-order chi connectivity index (χ1) is 20.8. The second kappa shape index (κ2) is 10.9. The number of sulfonamides is 1. The minimum Gasteiger partial charge on any atom is -0.336 e. The number of imidazole rings is 1. The Hall–Kier alpha value is -5.08. The molecular formula is C30H28FN9O3S. The molecule has 6 rings (SSSR count). The third-order valence-electron chi connectivity index (χ3n) is 6.78. The number of fused-ring (bicyclic) bond motifs is 2. The molecular weight excluding hydrogens is 585 g/mol. The molecule has 0 aliphatic rings. The molecule has 0 spiro atoms. The zero-order valence-electron chi connectivity index (χ0n) is 24.2. The van der Waals surface area contributed by atoms with E-state index in [1.165, 1.54) is 12.1 Å². The average molecular weight is 614 g/mol. The van der Waals surface area contributed by atoms with Crippen LogP contribution in [0, 0.1) is 11.2 Å². The minimum atomic E-state index is -3.46. The number of hydrogen-bond donors (Lipinski definition) is 4. The summed E-state index contributed by atoms with van der Waals surface area (Å²) in [4.78, 5) is 34.1. The van der Waals surface area contributed by atoms with E-state index in [0.29, 0.717) is 67.4 Å². The SMILES string of the molecule is CC(C)(C)C(=O)Nc1cncc(-c2ccc3[nH]nc(-c4nc5c(-c6cc(F)cc(CNS(C)(=O)=O)c6)nccc5[nH]4)c3n2)c1. The molecule has 0 fully saturated rings. The van der Waals surface area contributed by atoms with Gasteiger partial charge in [0.05, 0.1) is 40.6 Å². The van der Waals surface area contributed by atoms with Gasteiger partial charge in [-0.1, -0.05) is 20.8 Å². The molecule has 6 aromatic rings. The van der Waals surface area contributed by atoms with Gasteiger partial charge in [-0.3, -0.25) is 19.9 Å². The van der Waals surface area contributed by atoms with E-state index in [4.69, 9.17) is 9.97 Å². The van der Waals surface area contributed by atoms with Gasteiger partial charge in [0.25, 0.3) is 0 Å². The summed E-state index contributed by atoms with van der Waals surface area (Å²) in [5.41, 5.74) is 5.43. The number of carbonyl (C=O) groups excluding carboxylic acids is 1. The predicted octanol–water partition coefficient (Wildman–Crippen LogP) is 4.80. The van der Waals surface area contributed by atoms with Crippen LogP contribution in [0.15, 0.2) is 61.1 Å².